The lowest BCUT2D eigenvalue weighted by Gasteiger charge is -2.18. The third-order valence-electron chi connectivity index (χ3n) is 6.44. The Morgan fingerprint density at radius 1 is 0.568 bits per heavy atom. The first kappa shape index (κ1) is 32.6. The lowest BCUT2D eigenvalue weighted by molar-refractivity contribution is -0.129. The minimum atomic E-state index is -0.401. The van der Waals surface area contributed by atoms with Crippen LogP contribution in [0.1, 0.15) is 43.0 Å². The van der Waals surface area contributed by atoms with Crippen LogP contribution in [0.4, 0.5) is 0 Å². The fourth-order valence-corrected chi connectivity index (χ4v) is 6.02. The van der Waals surface area contributed by atoms with E-state index in [1.165, 1.54) is 6.08 Å². The normalized spacial score (nSPS) is 11.8. The Morgan fingerprint density at radius 2 is 0.977 bits per heavy atom. The number of esters is 2. The molecule has 0 fully saturated rings. The fraction of sp³-hybridized carbons (Fsp3) is 0.158. The van der Waals surface area contributed by atoms with Gasteiger partial charge in [0, 0.05) is 23.7 Å². The molecule has 0 heterocycles. The lowest BCUT2D eigenvalue weighted by atomic mass is 9.86. The molecule has 0 amide bonds. The molecule has 44 heavy (non-hydrogen) atoms. The van der Waals surface area contributed by atoms with Gasteiger partial charge in [-0.05, 0) is 89.6 Å². The summed E-state index contributed by atoms with van der Waals surface area (Å²) in [5, 5.41) is 0. The fourth-order valence-electron chi connectivity index (χ4n) is 4.52. The molecule has 0 unspecified atom stereocenters. The number of ether oxygens (including phenoxy) is 2. The van der Waals surface area contributed by atoms with E-state index in [1.54, 1.807) is 29.6 Å². The van der Waals surface area contributed by atoms with Crippen molar-refractivity contribution < 1.29 is 19.1 Å². The third-order valence-corrected chi connectivity index (χ3v) is 8.29. The molecule has 0 aliphatic carbocycles. The zero-order chi connectivity index (χ0) is 31.3. The molecule has 0 aromatic heterocycles. The Bertz CT molecular complexity index is 1630. The van der Waals surface area contributed by atoms with Crippen LogP contribution in [0, 0.1) is 0 Å². The van der Waals surface area contributed by atoms with Gasteiger partial charge < -0.3 is 9.47 Å². The van der Waals surface area contributed by atoms with Gasteiger partial charge in [0.05, 0.1) is 0 Å². The van der Waals surface area contributed by atoms with Crippen molar-refractivity contribution in [3.63, 3.8) is 0 Å². The molecule has 0 N–H and O–H groups in total. The summed E-state index contributed by atoms with van der Waals surface area (Å²) >= 11 is 3.44. The van der Waals surface area contributed by atoms with Gasteiger partial charge in [-0.3, -0.25) is 0 Å². The highest BCUT2D eigenvalue weighted by Gasteiger charge is 2.17. The molecule has 4 aromatic rings. The third kappa shape index (κ3) is 9.63. The van der Waals surface area contributed by atoms with E-state index in [2.05, 4.69) is 30.5 Å². The van der Waals surface area contributed by atoms with E-state index in [0.29, 0.717) is 11.5 Å². The summed E-state index contributed by atoms with van der Waals surface area (Å²) in [6.07, 6.45) is 5.09. The molecule has 0 radical (unpaired) electrons. The van der Waals surface area contributed by atoms with Gasteiger partial charge >= 0.3 is 11.9 Å². The van der Waals surface area contributed by atoms with Crippen molar-refractivity contribution in [2.75, 3.05) is 17.8 Å². The van der Waals surface area contributed by atoms with Gasteiger partial charge in [-0.1, -0.05) is 90.5 Å². The van der Waals surface area contributed by atoms with Gasteiger partial charge in [0.2, 0.25) is 0 Å². The molecule has 4 aromatic carbocycles. The van der Waals surface area contributed by atoms with Gasteiger partial charge in [0.1, 0.15) is 11.5 Å². The number of hydrogen-bond acceptors (Lipinski definition) is 6. The molecule has 0 atom stereocenters. The minimum absolute atomic E-state index is 0.388. The van der Waals surface area contributed by atoms with Crippen LogP contribution >= 0.6 is 23.5 Å². The molecule has 0 aliphatic heterocycles. The predicted molar refractivity (Wildman–Crippen MR) is 186 cm³/mol. The van der Waals surface area contributed by atoms with Crippen LogP contribution in [-0.4, -0.2) is 29.7 Å². The highest BCUT2D eigenvalue weighted by Crippen LogP contribution is 2.38. The quantitative estimate of drug-likeness (QED) is 0.0517. The molecule has 6 heteroatoms. The molecule has 4 nitrogen and oxygen atoms in total. The monoisotopic (exact) mass is 620 g/mol. The number of benzene rings is 4. The van der Waals surface area contributed by atoms with Crippen LogP contribution in [0.25, 0.3) is 11.1 Å². The first-order valence-corrected chi connectivity index (χ1v) is 16.7. The maximum atomic E-state index is 12.6. The van der Waals surface area contributed by atoms with E-state index < -0.39 is 5.97 Å². The number of rotatable bonds is 12. The van der Waals surface area contributed by atoms with Crippen LogP contribution in [0.3, 0.4) is 0 Å². The SMILES string of the molecule is CSCCS/C(C)=C/C(=O)Oc1ccc(/C(=C(\c2ccccc2)c2ccc(OC(=O)C=C(C)C)cc2)c2ccccc2)cc1. The van der Waals surface area contributed by atoms with E-state index in [4.69, 9.17) is 9.47 Å². The summed E-state index contributed by atoms with van der Waals surface area (Å²) in [7, 11) is 0. The molecule has 0 spiro atoms. The van der Waals surface area contributed by atoms with Crippen molar-refractivity contribution in [1.29, 1.82) is 0 Å². The summed E-state index contributed by atoms with van der Waals surface area (Å²) in [5.41, 5.74) is 6.92. The van der Waals surface area contributed by atoms with Crippen molar-refractivity contribution in [2.45, 2.75) is 20.8 Å². The zero-order valence-corrected chi connectivity index (χ0v) is 27.0. The molecule has 0 bridgehead atoms. The van der Waals surface area contributed by atoms with E-state index in [0.717, 1.165) is 55.4 Å². The Morgan fingerprint density at radius 3 is 1.39 bits per heavy atom. The van der Waals surface area contributed by atoms with Gasteiger partial charge in [-0.15, -0.1) is 11.8 Å². The average Bonchev–Trinajstić information content (AvgIpc) is 3.01. The summed E-state index contributed by atoms with van der Waals surface area (Å²) in [6, 6.07) is 35.6. The Kier molecular flexibility index (Phi) is 12.3. The number of thioether (sulfide) groups is 2. The molecule has 224 valence electrons. The average molecular weight is 621 g/mol. The lowest BCUT2D eigenvalue weighted by Crippen LogP contribution is -2.05. The molecule has 0 saturated carbocycles. The molecule has 0 saturated heterocycles. The van der Waals surface area contributed by atoms with Gasteiger partial charge in [0.25, 0.3) is 0 Å². The first-order chi connectivity index (χ1) is 21.3. The number of hydrogen-bond donors (Lipinski definition) is 0. The van der Waals surface area contributed by atoms with E-state index >= 15 is 0 Å². The maximum absolute atomic E-state index is 12.6. The van der Waals surface area contributed by atoms with Crippen LogP contribution in [0.2, 0.25) is 0 Å². The van der Waals surface area contributed by atoms with E-state index in [9.17, 15) is 9.59 Å². The van der Waals surface area contributed by atoms with Crippen molar-refractivity contribution in [2.24, 2.45) is 0 Å². The Balaban J connectivity index is 1.74. The molecule has 4 rings (SSSR count). The standard InChI is InChI=1S/C38H36O4S2/c1-27(2)25-35(39)41-33-19-15-31(16-20-33)37(29-11-7-5-8-12-29)38(30-13-9-6-10-14-30)32-17-21-34(22-18-32)42-36(40)26-28(3)44-24-23-43-4/h5-22,25-26H,23-24H2,1-4H3/b28-26+,38-37+. The molecular weight excluding hydrogens is 585 g/mol. The summed E-state index contributed by atoms with van der Waals surface area (Å²) in [5.74, 6) is 2.15. The second-order valence-electron chi connectivity index (χ2n) is 10.2. The Labute approximate surface area is 268 Å². The second-order valence-corrected chi connectivity index (χ2v) is 12.5. The minimum Gasteiger partial charge on any atom is -0.423 e. The van der Waals surface area contributed by atoms with Gasteiger partial charge in [-0.2, -0.15) is 11.8 Å². The number of carbonyl (C=O) groups excluding carboxylic acids is 2. The van der Waals surface area contributed by atoms with Crippen LogP contribution in [0.15, 0.2) is 132 Å². The van der Waals surface area contributed by atoms with E-state index in [-0.39, 0.29) is 5.97 Å². The van der Waals surface area contributed by atoms with Crippen LogP contribution in [0.5, 0.6) is 11.5 Å². The topological polar surface area (TPSA) is 52.6 Å². The number of allylic oxidation sites excluding steroid dienone is 2. The summed E-state index contributed by atoms with van der Waals surface area (Å²) in [4.78, 5) is 25.7. The number of carbonyl (C=O) groups is 2. The summed E-state index contributed by atoms with van der Waals surface area (Å²) < 4.78 is 11.1. The second kappa shape index (κ2) is 16.6. The smallest absolute Gasteiger partial charge is 0.336 e. The van der Waals surface area contributed by atoms with Gasteiger partial charge in [-0.25, -0.2) is 9.59 Å². The molecule has 0 aliphatic rings. The van der Waals surface area contributed by atoms with Crippen molar-refractivity contribution in [1.82, 2.24) is 0 Å². The maximum Gasteiger partial charge on any atom is 0.336 e. The van der Waals surface area contributed by atoms with Crippen molar-refractivity contribution in [3.8, 4) is 11.5 Å². The highest BCUT2D eigenvalue weighted by atomic mass is 32.2. The van der Waals surface area contributed by atoms with Crippen molar-refractivity contribution >= 4 is 46.6 Å². The van der Waals surface area contributed by atoms with Gasteiger partial charge in [0.15, 0.2) is 0 Å². The largest absolute Gasteiger partial charge is 0.423 e. The highest BCUT2D eigenvalue weighted by molar-refractivity contribution is 8.05. The van der Waals surface area contributed by atoms with Crippen molar-refractivity contribution in [3.05, 3.63) is 154 Å². The van der Waals surface area contributed by atoms with Crippen LogP contribution in [-0.2, 0) is 9.59 Å². The molecular formula is C38H36O4S2. The summed E-state index contributed by atoms with van der Waals surface area (Å²) in [6.45, 7) is 5.64. The van der Waals surface area contributed by atoms with Crippen LogP contribution < -0.4 is 9.47 Å². The first-order valence-electron chi connectivity index (χ1n) is 14.3. The van der Waals surface area contributed by atoms with E-state index in [1.807, 2.05) is 106 Å². The Hall–Kier alpha value is -4.26. The predicted octanol–water partition coefficient (Wildman–Crippen LogP) is 9.47. The zero-order valence-electron chi connectivity index (χ0n) is 25.4.